The lowest BCUT2D eigenvalue weighted by atomic mass is 10.2. The lowest BCUT2D eigenvalue weighted by molar-refractivity contribution is -0.120. The van der Waals surface area contributed by atoms with Gasteiger partial charge >= 0.3 is 0 Å². The Labute approximate surface area is 143 Å². The highest BCUT2D eigenvalue weighted by Crippen LogP contribution is 2.36. The molecule has 2 amide bonds. The fourth-order valence-corrected chi connectivity index (χ4v) is 3.61. The fraction of sp³-hybridized carbons (Fsp3) is 0.176. The highest BCUT2D eigenvalue weighted by molar-refractivity contribution is 8.01. The standard InChI is InChI=1S/C17H15ClN2O2S/c1-10-6-7-11(18)8-13(10)19-16(21)9-15-17(22)20-12-4-2-3-5-14(12)23-15/h2-8,15H,9H2,1H3,(H,19,21)(H,20,22). The molecule has 1 aliphatic heterocycles. The second-order valence-electron chi connectivity index (χ2n) is 5.30. The van der Waals surface area contributed by atoms with E-state index in [1.165, 1.54) is 11.8 Å². The van der Waals surface area contributed by atoms with Crippen LogP contribution >= 0.6 is 23.4 Å². The zero-order valence-corrected chi connectivity index (χ0v) is 14.0. The van der Waals surface area contributed by atoms with Crippen molar-refractivity contribution in [2.24, 2.45) is 0 Å². The van der Waals surface area contributed by atoms with E-state index < -0.39 is 5.25 Å². The summed E-state index contributed by atoms with van der Waals surface area (Å²) < 4.78 is 0. The molecule has 0 radical (unpaired) electrons. The lowest BCUT2D eigenvalue weighted by Gasteiger charge is -2.23. The summed E-state index contributed by atoms with van der Waals surface area (Å²) in [6.45, 7) is 1.89. The number of aryl methyl sites for hydroxylation is 1. The van der Waals surface area contributed by atoms with Gasteiger partial charge in [-0.25, -0.2) is 0 Å². The summed E-state index contributed by atoms with van der Waals surface area (Å²) in [5, 5.41) is 5.78. The Morgan fingerprint density at radius 1 is 1.30 bits per heavy atom. The fourth-order valence-electron chi connectivity index (χ4n) is 2.33. The van der Waals surface area contributed by atoms with E-state index in [9.17, 15) is 9.59 Å². The molecule has 118 valence electrons. The molecule has 2 N–H and O–H groups in total. The molecule has 2 aromatic carbocycles. The summed E-state index contributed by atoms with van der Waals surface area (Å²) in [5.74, 6) is -0.353. The number of hydrogen-bond donors (Lipinski definition) is 2. The van der Waals surface area contributed by atoms with Crippen molar-refractivity contribution in [3.8, 4) is 0 Å². The summed E-state index contributed by atoms with van der Waals surface area (Å²) in [7, 11) is 0. The molecule has 1 atom stereocenters. The van der Waals surface area contributed by atoms with E-state index in [4.69, 9.17) is 11.6 Å². The Morgan fingerprint density at radius 3 is 2.91 bits per heavy atom. The number of para-hydroxylation sites is 1. The third-order valence-corrected chi connectivity index (χ3v) is 5.06. The van der Waals surface area contributed by atoms with Gasteiger partial charge in [-0.15, -0.1) is 11.8 Å². The van der Waals surface area contributed by atoms with Gasteiger partial charge in [0.2, 0.25) is 11.8 Å². The van der Waals surface area contributed by atoms with E-state index in [2.05, 4.69) is 10.6 Å². The molecule has 1 unspecified atom stereocenters. The van der Waals surface area contributed by atoms with Crippen LogP contribution in [0.5, 0.6) is 0 Å². The molecule has 1 aliphatic rings. The van der Waals surface area contributed by atoms with Gasteiger partial charge < -0.3 is 10.6 Å². The smallest absolute Gasteiger partial charge is 0.238 e. The molecule has 0 fully saturated rings. The summed E-state index contributed by atoms with van der Waals surface area (Å²) in [5.41, 5.74) is 2.39. The molecule has 0 bridgehead atoms. The molecule has 2 aromatic rings. The number of thioether (sulfide) groups is 1. The Kier molecular flexibility index (Phi) is 4.59. The third-order valence-electron chi connectivity index (χ3n) is 3.55. The van der Waals surface area contributed by atoms with Crippen LogP contribution in [0, 0.1) is 6.92 Å². The molecule has 23 heavy (non-hydrogen) atoms. The summed E-state index contributed by atoms with van der Waals surface area (Å²) in [4.78, 5) is 25.4. The van der Waals surface area contributed by atoms with Crippen molar-refractivity contribution in [3.63, 3.8) is 0 Å². The highest BCUT2D eigenvalue weighted by Gasteiger charge is 2.28. The van der Waals surface area contributed by atoms with Crippen molar-refractivity contribution in [1.29, 1.82) is 0 Å². The highest BCUT2D eigenvalue weighted by atomic mass is 35.5. The predicted octanol–water partition coefficient (Wildman–Crippen LogP) is 4.09. The molecule has 0 saturated carbocycles. The maximum absolute atomic E-state index is 12.3. The predicted molar refractivity (Wildman–Crippen MR) is 94.2 cm³/mol. The zero-order chi connectivity index (χ0) is 16.4. The second-order valence-corrected chi connectivity index (χ2v) is 6.98. The average molecular weight is 347 g/mol. The van der Waals surface area contributed by atoms with Crippen LogP contribution < -0.4 is 10.6 Å². The van der Waals surface area contributed by atoms with Crippen molar-refractivity contribution in [2.75, 3.05) is 10.6 Å². The molecular formula is C17H15ClN2O2S. The Bertz CT molecular complexity index is 779. The molecule has 0 aromatic heterocycles. The number of benzene rings is 2. The summed E-state index contributed by atoms with van der Waals surface area (Å²) in [6.07, 6.45) is 0.108. The molecular weight excluding hydrogens is 332 g/mol. The normalized spacial score (nSPS) is 16.4. The molecule has 0 spiro atoms. The number of carbonyl (C=O) groups is 2. The Hall–Kier alpha value is -1.98. The van der Waals surface area contributed by atoms with Crippen molar-refractivity contribution >= 4 is 46.6 Å². The van der Waals surface area contributed by atoms with E-state index in [1.807, 2.05) is 37.3 Å². The average Bonchev–Trinajstić information content (AvgIpc) is 2.51. The Balaban J connectivity index is 1.69. The van der Waals surface area contributed by atoms with E-state index in [0.717, 1.165) is 16.1 Å². The number of carbonyl (C=O) groups excluding carboxylic acids is 2. The topological polar surface area (TPSA) is 58.2 Å². The lowest BCUT2D eigenvalue weighted by Crippen LogP contribution is -2.32. The first kappa shape index (κ1) is 15.9. The summed E-state index contributed by atoms with van der Waals surface area (Å²) >= 11 is 7.36. The summed E-state index contributed by atoms with van der Waals surface area (Å²) in [6, 6.07) is 12.9. The van der Waals surface area contributed by atoms with E-state index >= 15 is 0 Å². The monoisotopic (exact) mass is 346 g/mol. The van der Waals surface area contributed by atoms with Crippen molar-refractivity contribution in [3.05, 3.63) is 53.1 Å². The minimum absolute atomic E-state index is 0.108. The number of fused-ring (bicyclic) bond motifs is 1. The number of halogens is 1. The number of rotatable bonds is 3. The third kappa shape index (κ3) is 3.68. The quantitative estimate of drug-likeness (QED) is 0.880. The largest absolute Gasteiger partial charge is 0.326 e. The number of amides is 2. The van der Waals surface area contributed by atoms with Crippen LogP contribution in [0.2, 0.25) is 5.02 Å². The van der Waals surface area contributed by atoms with Gasteiger partial charge in [0.25, 0.3) is 0 Å². The first-order valence-corrected chi connectivity index (χ1v) is 8.41. The van der Waals surface area contributed by atoms with E-state index in [0.29, 0.717) is 10.7 Å². The van der Waals surface area contributed by atoms with Crippen LogP contribution in [0.1, 0.15) is 12.0 Å². The maximum Gasteiger partial charge on any atom is 0.238 e. The molecule has 0 saturated heterocycles. The number of nitrogens with one attached hydrogen (secondary N) is 2. The van der Waals surface area contributed by atoms with Gasteiger partial charge in [-0.05, 0) is 36.8 Å². The van der Waals surface area contributed by atoms with Gasteiger partial charge in [0.1, 0.15) is 0 Å². The van der Waals surface area contributed by atoms with Gasteiger partial charge in [0.15, 0.2) is 0 Å². The first-order valence-electron chi connectivity index (χ1n) is 7.15. The van der Waals surface area contributed by atoms with Crippen LogP contribution in [-0.4, -0.2) is 17.1 Å². The minimum atomic E-state index is -0.440. The maximum atomic E-state index is 12.3. The van der Waals surface area contributed by atoms with Crippen LogP contribution in [0.15, 0.2) is 47.4 Å². The van der Waals surface area contributed by atoms with Gasteiger partial charge in [-0.2, -0.15) is 0 Å². The Morgan fingerprint density at radius 2 is 2.09 bits per heavy atom. The number of hydrogen-bond acceptors (Lipinski definition) is 3. The van der Waals surface area contributed by atoms with Gasteiger partial charge in [-0.1, -0.05) is 29.8 Å². The van der Waals surface area contributed by atoms with Crippen molar-refractivity contribution < 1.29 is 9.59 Å². The van der Waals surface area contributed by atoms with Crippen LogP contribution in [0.25, 0.3) is 0 Å². The molecule has 0 aliphatic carbocycles. The second kappa shape index (κ2) is 6.64. The SMILES string of the molecule is Cc1ccc(Cl)cc1NC(=O)CC1Sc2ccccc2NC1=O. The van der Waals surface area contributed by atoms with Crippen molar-refractivity contribution in [2.45, 2.75) is 23.5 Å². The van der Waals surface area contributed by atoms with Crippen LogP contribution in [-0.2, 0) is 9.59 Å². The van der Waals surface area contributed by atoms with Crippen molar-refractivity contribution in [1.82, 2.24) is 0 Å². The molecule has 4 nitrogen and oxygen atoms in total. The van der Waals surface area contributed by atoms with Crippen LogP contribution in [0.3, 0.4) is 0 Å². The van der Waals surface area contributed by atoms with E-state index in [-0.39, 0.29) is 18.2 Å². The first-order chi connectivity index (χ1) is 11.0. The molecule has 6 heteroatoms. The molecule has 1 heterocycles. The molecule has 3 rings (SSSR count). The van der Waals surface area contributed by atoms with Gasteiger partial charge in [0, 0.05) is 22.0 Å². The minimum Gasteiger partial charge on any atom is -0.326 e. The van der Waals surface area contributed by atoms with E-state index in [1.54, 1.807) is 12.1 Å². The van der Waals surface area contributed by atoms with Gasteiger partial charge in [-0.3, -0.25) is 9.59 Å². The zero-order valence-electron chi connectivity index (χ0n) is 12.4. The van der Waals surface area contributed by atoms with Crippen LogP contribution in [0.4, 0.5) is 11.4 Å². The van der Waals surface area contributed by atoms with Gasteiger partial charge in [0.05, 0.1) is 10.9 Å². The number of anilines is 2.